The molecule has 3 aromatic carbocycles. The van der Waals surface area contributed by atoms with Crippen LogP contribution in [0, 0.1) is 6.92 Å². The van der Waals surface area contributed by atoms with Crippen molar-refractivity contribution in [3.05, 3.63) is 88.5 Å². The number of carbonyl (C=O) groups excluding carboxylic acids is 1. The molecule has 2 aliphatic rings. The van der Waals surface area contributed by atoms with Gasteiger partial charge in [0, 0.05) is 18.2 Å². The van der Waals surface area contributed by atoms with Crippen molar-refractivity contribution in [1.82, 2.24) is 4.90 Å². The molecule has 0 saturated heterocycles. The molecule has 1 aliphatic carbocycles. The van der Waals surface area contributed by atoms with Gasteiger partial charge in [0.15, 0.2) is 0 Å². The van der Waals surface area contributed by atoms with E-state index in [-0.39, 0.29) is 5.91 Å². The van der Waals surface area contributed by atoms with Crippen molar-refractivity contribution in [1.29, 1.82) is 0 Å². The number of carbonyl (C=O) groups is 2. The van der Waals surface area contributed by atoms with Crippen LogP contribution >= 0.6 is 0 Å². The Bertz CT molecular complexity index is 1230. The highest BCUT2D eigenvalue weighted by molar-refractivity contribution is 5.98. The van der Waals surface area contributed by atoms with Gasteiger partial charge in [-0.15, -0.1) is 0 Å². The number of nitrogens with zero attached hydrogens (tertiary/aromatic N) is 1. The van der Waals surface area contributed by atoms with Crippen LogP contribution in [-0.2, 0) is 13.2 Å². The van der Waals surface area contributed by atoms with Crippen molar-refractivity contribution in [2.45, 2.75) is 51.8 Å². The summed E-state index contributed by atoms with van der Waals surface area (Å²) < 4.78 is 6.06. The summed E-state index contributed by atoms with van der Waals surface area (Å²) in [6.45, 7) is 2.87. The van der Waals surface area contributed by atoms with Crippen LogP contribution in [0.4, 0.5) is 0 Å². The Morgan fingerprint density at radius 3 is 2.61 bits per heavy atom. The smallest absolute Gasteiger partial charge is 0.335 e. The van der Waals surface area contributed by atoms with Gasteiger partial charge in [0.1, 0.15) is 12.4 Å². The van der Waals surface area contributed by atoms with Crippen molar-refractivity contribution in [2.75, 3.05) is 0 Å². The van der Waals surface area contributed by atoms with Gasteiger partial charge in [0.25, 0.3) is 5.91 Å². The number of fused-ring (bicyclic) bond motifs is 1. The zero-order valence-electron chi connectivity index (χ0n) is 18.7. The number of carboxylic acids is 1. The molecule has 1 aliphatic heterocycles. The molecule has 0 bridgehead atoms. The van der Waals surface area contributed by atoms with Crippen molar-refractivity contribution < 1.29 is 19.4 Å². The van der Waals surface area contributed by atoms with Crippen LogP contribution in [0.2, 0.25) is 0 Å². The van der Waals surface area contributed by atoms with Crippen LogP contribution < -0.4 is 4.74 Å². The molecule has 168 valence electrons. The number of amides is 1. The molecule has 0 spiro atoms. The molecule has 1 N–H and O–H groups in total. The highest BCUT2D eigenvalue weighted by Crippen LogP contribution is 2.33. The third-order valence-corrected chi connectivity index (χ3v) is 6.81. The maximum atomic E-state index is 12.8. The van der Waals surface area contributed by atoms with Gasteiger partial charge in [-0.1, -0.05) is 43.2 Å². The van der Waals surface area contributed by atoms with Gasteiger partial charge in [-0.05, 0) is 77.9 Å². The third kappa shape index (κ3) is 4.23. The number of hydrogen-bond acceptors (Lipinski definition) is 3. The Hall–Kier alpha value is -3.60. The minimum absolute atomic E-state index is 0.148. The van der Waals surface area contributed by atoms with Crippen molar-refractivity contribution in [3.8, 4) is 16.9 Å². The van der Waals surface area contributed by atoms with Crippen LogP contribution in [0.5, 0.6) is 5.75 Å². The first-order valence-corrected chi connectivity index (χ1v) is 11.5. The Morgan fingerprint density at radius 2 is 1.82 bits per heavy atom. The normalized spacial score (nSPS) is 15.7. The number of aromatic carboxylic acids is 1. The predicted molar refractivity (Wildman–Crippen MR) is 126 cm³/mol. The van der Waals surface area contributed by atoms with E-state index < -0.39 is 5.97 Å². The van der Waals surface area contributed by atoms with E-state index in [1.165, 1.54) is 12.8 Å². The molecule has 5 nitrogen and oxygen atoms in total. The number of ether oxygens (including phenoxy) is 1. The second-order valence-electron chi connectivity index (χ2n) is 9.01. The van der Waals surface area contributed by atoms with E-state index in [0.29, 0.717) is 24.8 Å². The molecule has 0 unspecified atom stereocenters. The molecule has 5 heteroatoms. The minimum Gasteiger partial charge on any atom is -0.489 e. The number of hydrogen-bond donors (Lipinski definition) is 1. The van der Waals surface area contributed by atoms with E-state index in [2.05, 4.69) is 0 Å². The van der Waals surface area contributed by atoms with Gasteiger partial charge in [0.2, 0.25) is 0 Å². The Morgan fingerprint density at radius 1 is 1.03 bits per heavy atom. The first-order chi connectivity index (χ1) is 16.0. The lowest BCUT2D eigenvalue weighted by Gasteiger charge is -2.23. The average Bonchev–Trinajstić information content (AvgIpc) is 3.46. The zero-order chi connectivity index (χ0) is 22.9. The molecule has 0 atom stereocenters. The number of benzene rings is 3. The summed E-state index contributed by atoms with van der Waals surface area (Å²) in [7, 11) is 0. The summed E-state index contributed by atoms with van der Waals surface area (Å²) in [6, 6.07) is 19.6. The molecule has 0 aromatic heterocycles. The second kappa shape index (κ2) is 8.74. The summed E-state index contributed by atoms with van der Waals surface area (Å²) >= 11 is 0. The van der Waals surface area contributed by atoms with Crippen LogP contribution in [0.3, 0.4) is 0 Å². The average molecular weight is 442 g/mol. The lowest BCUT2D eigenvalue weighted by atomic mass is 9.98. The van der Waals surface area contributed by atoms with Gasteiger partial charge in [-0.25, -0.2) is 4.79 Å². The second-order valence-corrected chi connectivity index (χ2v) is 9.01. The highest BCUT2D eigenvalue weighted by atomic mass is 16.5. The largest absolute Gasteiger partial charge is 0.489 e. The molecule has 1 amide bonds. The quantitative estimate of drug-likeness (QED) is 0.522. The molecular formula is C28H27NO4. The van der Waals surface area contributed by atoms with E-state index in [1.807, 2.05) is 59.5 Å². The van der Waals surface area contributed by atoms with Gasteiger partial charge in [-0.2, -0.15) is 0 Å². The van der Waals surface area contributed by atoms with Gasteiger partial charge < -0.3 is 14.7 Å². The molecule has 33 heavy (non-hydrogen) atoms. The molecule has 3 aromatic rings. The highest BCUT2D eigenvalue weighted by Gasteiger charge is 2.34. The van der Waals surface area contributed by atoms with E-state index in [9.17, 15) is 14.7 Å². The maximum Gasteiger partial charge on any atom is 0.335 e. The summed E-state index contributed by atoms with van der Waals surface area (Å²) in [5.74, 6) is -0.0193. The summed E-state index contributed by atoms with van der Waals surface area (Å²) in [6.07, 6.45) is 4.62. The fraction of sp³-hybridized carbons (Fsp3) is 0.286. The van der Waals surface area contributed by atoms with E-state index >= 15 is 0 Å². The maximum absolute atomic E-state index is 12.8. The van der Waals surface area contributed by atoms with Crippen LogP contribution in [0.15, 0.2) is 60.7 Å². The summed E-state index contributed by atoms with van der Waals surface area (Å²) in [5.41, 5.74) is 5.70. The molecular weight excluding hydrogens is 414 g/mol. The first-order valence-electron chi connectivity index (χ1n) is 11.5. The SMILES string of the molecule is Cc1ccc(-c2cccc(COc3ccc4c(c3)CN(C3CCCC3)C4=O)c2)cc1C(=O)O. The van der Waals surface area contributed by atoms with Crippen LogP contribution in [0.1, 0.15) is 63.1 Å². The Kier molecular flexibility index (Phi) is 5.63. The van der Waals surface area contributed by atoms with Crippen LogP contribution in [-0.4, -0.2) is 27.9 Å². The molecule has 0 radical (unpaired) electrons. The topological polar surface area (TPSA) is 66.8 Å². The number of carboxylic acid groups (broad SMARTS) is 1. The third-order valence-electron chi connectivity index (χ3n) is 6.81. The lowest BCUT2D eigenvalue weighted by Crippen LogP contribution is -2.33. The standard InChI is InChI=1S/C28H27NO4/c1-18-9-10-21(15-26(18)28(31)32)20-6-4-5-19(13-20)17-33-24-11-12-25-22(14-24)16-29(27(25)30)23-7-2-3-8-23/h4-6,9-15,23H,2-3,7-8,16-17H2,1H3,(H,31,32). The predicted octanol–water partition coefficient (Wildman–Crippen LogP) is 5.84. The van der Waals surface area contributed by atoms with E-state index in [0.717, 1.165) is 52.0 Å². The Balaban J connectivity index is 1.30. The molecule has 1 saturated carbocycles. The van der Waals surface area contributed by atoms with Crippen LogP contribution in [0.25, 0.3) is 11.1 Å². The fourth-order valence-electron chi connectivity index (χ4n) is 4.96. The molecule has 5 rings (SSSR count). The monoisotopic (exact) mass is 441 g/mol. The first kappa shape index (κ1) is 21.3. The van der Waals surface area contributed by atoms with Gasteiger partial charge >= 0.3 is 5.97 Å². The minimum atomic E-state index is -0.921. The number of aryl methyl sites for hydroxylation is 1. The van der Waals surface area contributed by atoms with Gasteiger partial charge in [0.05, 0.1) is 5.56 Å². The van der Waals surface area contributed by atoms with Crippen molar-refractivity contribution in [2.24, 2.45) is 0 Å². The fourth-order valence-corrected chi connectivity index (χ4v) is 4.96. The van der Waals surface area contributed by atoms with E-state index in [4.69, 9.17) is 4.74 Å². The van der Waals surface area contributed by atoms with Gasteiger partial charge in [-0.3, -0.25) is 4.79 Å². The summed E-state index contributed by atoms with van der Waals surface area (Å²) in [4.78, 5) is 26.3. The van der Waals surface area contributed by atoms with Crippen molar-refractivity contribution in [3.63, 3.8) is 0 Å². The Labute approximate surface area is 193 Å². The summed E-state index contributed by atoms with van der Waals surface area (Å²) in [5, 5.41) is 9.42. The molecule has 1 heterocycles. The lowest BCUT2D eigenvalue weighted by molar-refractivity contribution is 0.0691. The van der Waals surface area contributed by atoms with Crippen molar-refractivity contribution >= 4 is 11.9 Å². The zero-order valence-corrected chi connectivity index (χ0v) is 18.7. The molecule has 1 fully saturated rings. The van der Waals surface area contributed by atoms with E-state index in [1.54, 1.807) is 13.0 Å². The number of rotatable bonds is 6.